The highest BCUT2D eigenvalue weighted by molar-refractivity contribution is 5.54. The molecule has 4 heteroatoms. The second-order valence-electron chi connectivity index (χ2n) is 5.48. The van der Waals surface area contributed by atoms with E-state index in [-0.39, 0.29) is 5.56 Å². The van der Waals surface area contributed by atoms with E-state index in [1.807, 2.05) is 18.2 Å². The van der Waals surface area contributed by atoms with Gasteiger partial charge in [-0.15, -0.1) is 6.42 Å². The minimum Gasteiger partial charge on any atom is -0.378 e. The van der Waals surface area contributed by atoms with Crippen LogP contribution >= 0.6 is 0 Å². The summed E-state index contributed by atoms with van der Waals surface area (Å²) in [5.41, 5.74) is -0.292. The number of hydrogen-bond donors (Lipinski definition) is 1. The average Bonchev–Trinajstić information content (AvgIpc) is 2.62. The first-order valence-electron chi connectivity index (χ1n) is 7.53. The second-order valence-corrected chi connectivity index (χ2v) is 5.48. The molecule has 0 bridgehead atoms. The van der Waals surface area contributed by atoms with Crippen LogP contribution in [0.25, 0.3) is 0 Å². The van der Waals surface area contributed by atoms with Gasteiger partial charge in [0.15, 0.2) is 5.60 Å². The van der Waals surface area contributed by atoms with Gasteiger partial charge in [-0.2, -0.15) is 0 Å². The SMILES string of the molecule is C#CC(O)(c1cccc(N2CCOCC2)c1)c1ccccc1F. The Morgan fingerprint density at radius 2 is 1.87 bits per heavy atom. The fourth-order valence-corrected chi connectivity index (χ4v) is 2.82. The van der Waals surface area contributed by atoms with Crippen LogP contribution in [0.1, 0.15) is 11.1 Å². The molecule has 3 nitrogen and oxygen atoms in total. The molecule has 1 aliphatic heterocycles. The molecule has 0 radical (unpaired) electrons. The molecule has 2 aromatic rings. The Hall–Kier alpha value is -2.35. The largest absolute Gasteiger partial charge is 0.378 e. The van der Waals surface area contributed by atoms with Crippen LogP contribution in [0, 0.1) is 18.2 Å². The second kappa shape index (κ2) is 6.41. The molecule has 1 saturated heterocycles. The van der Waals surface area contributed by atoms with E-state index in [1.54, 1.807) is 18.2 Å². The lowest BCUT2D eigenvalue weighted by molar-refractivity contribution is 0.122. The van der Waals surface area contributed by atoms with Gasteiger partial charge in [-0.05, 0) is 18.2 Å². The van der Waals surface area contributed by atoms with Gasteiger partial charge in [0.25, 0.3) is 0 Å². The van der Waals surface area contributed by atoms with Crippen molar-refractivity contribution in [3.05, 3.63) is 65.5 Å². The lowest BCUT2D eigenvalue weighted by atomic mass is 9.86. The van der Waals surface area contributed by atoms with Crippen LogP contribution in [0.5, 0.6) is 0 Å². The number of ether oxygens (including phenoxy) is 1. The van der Waals surface area contributed by atoms with Crippen molar-refractivity contribution in [3.8, 4) is 12.3 Å². The summed E-state index contributed by atoms with van der Waals surface area (Å²) in [7, 11) is 0. The summed E-state index contributed by atoms with van der Waals surface area (Å²) in [5, 5.41) is 10.9. The van der Waals surface area contributed by atoms with Gasteiger partial charge in [0, 0.05) is 29.9 Å². The van der Waals surface area contributed by atoms with Crippen molar-refractivity contribution in [3.63, 3.8) is 0 Å². The Morgan fingerprint density at radius 1 is 1.13 bits per heavy atom. The van der Waals surface area contributed by atoms with E-state index >= 15 is 0 Å². The minimum atomic E-state index is -1.80. The molecular weight excluding hydrogens is 293 g/mol. The van der Waals surface area contributed by atoms with Crippen molar-refractivity contribution in [2.45, 2.75) is 5.60 Å². The molecule has 0 aliphatic carbocycles. The Balaban J connectivity index is 2.02. The Kier molecular flexibility index (Phi) is 4.33. The van der Waals surface area contributed by atoms with Gasteiger partial charge in [0.05, 0.1) is 13.2 Å². The highest BCUT2D eigenvalue weighted by Crippen LogP contribution is 2.33. The maximum atomic E-state index is 14.1. The predicted octanol–water partition coefficient (Wildman–Crippen LogP) is 2.53. The van der Waals surface area contributed by atoms with Crippen LogP contribution in [0.4, 0.5) is 10.1 Å². The van der Waals surface area contributed by atoms with Gasteiger partial charge >= 0.3 is 0 Å². The molecule has 0 saturated carbocycles. The third kappa shape index (κ3) is 2.94. The molecule has 0 amide bonds. The fourth-order valence-electron chi connectivity index (χ4n) is 2.82. The van der Waals surface area contributed by atoms with Gasteiger partial charge in [0.1, 0.15) is 5.82 Å². The molecule has 0 aromatic heterocycles. The smallest absolute Gasteiger partial charge is 0.179 e. The maximum absolute atomic E-state index is 14.1. The van der Waals surface area contributed by atoms with E-state index in [4.69, 9.17) is 11.2 Å². The van der Waals surface area contributed by atoms with Crippen molar-refractivity contribution in [1.82, 2.24) is 0 Å². The summed E-state index contributed by atoms with van der Waals surface area (Å²) in [6, 6.07) is 13.3. The molecule has 23 heavy (non-hydrogen) atoms. The van der Waals surface area contributed by atoms with Gasteiger partial charge in [-0.3, -0.25) is 0 Å². The standard InChI is InChI=1S/C19H18FNO2/c1-2-19(22,17-8-3-4-9-18(17)20)15-6-5-7-16(14-15)21-10-12-23-13-11-21/h1,3-9,14,22H,10-13H2. The lowest BCUT2D eigenvalue weighted by Gasteiger charge is -2.30. The molecular formula is C19H18FNO2. The third-order valence-electron chi connectivity index (χ3n) is 4.11. The summed E-state index contributed by atoms with van der Waals surface area (Å²) in [4.78, 5) is 2.16. The highest BCUT2D eigenvalue weighted by atomic mass is 19.1. The third-order valence-corrected chi connectivity index (χ3v) is 4.11. The minimum absolute atomic E-state index is 0.0848. The van der Waals surface area contributed by atoms with Crippen molar-refractivity contribution < 1.29 is 14.2 Å². The topological polar surface area (TPSA) is 32.7 Å². The number of nitrogens with zero attached hydrogens (tertiary/aromatic N) is 1. The van der Waals surface area contributed by atoms with E-state index in [9.17, 15) is 9.50 Å². The fraction of sp³-hybridized carbons (Fsp3) is 0.263. The van der Waals surface area contributed by atoms with Gasteiger partial charge in [-0.1, -0.05) is 36.3 Å². The first-order valence-corrected chi connectivity index (χ1v) is 7.53. The molecule has 1 heterocycles. The molecule has 1 unspecified atom stereocenters. The van der Waals surface area contributed by atoms with Crippen LogP contribution in [-0.2, 0) is 10.3 Å². The summed E-state index contributed by atoms with van der Waals surface area (Å²) < 4.78 is 19.5. The lowest BCUT2D eigenvalue weighted by Crippen LogP contribution is -2.36. The molecule has 0 spiro atoms. The zero-order chi connectivity index (χ0) is 16.3. The van der Waals surface area contributed by atoms with Crippen LogP contribution in [0.3, 0.4) is 0 Å². The first-order chi connectivity index (χ1) is 11.1. The van der Waals surface area contributed by atoms with E-state index in [2.05, 4.69) is 10.8 Å². The Morgan fingerprint density at radius 3 is 2.57 bits per heavy atom. The Bertz CT molecular complexity index is 734. The molecule has 3 rings (SSSR count). The van der Waals surface area contributed by atoms with E-state index in [0.29, 0.717) is 18.8 Å². The quantitative estimate of drug-likeness (QED) is 0.884. The molecule has 1 fully saturated rings. The van der Waals surface area contributed by atoms with Gasteiger partial charge in [0.2, 0.25) is 0 Å². The summed E-state index contributed by atoms with van der Waals surface area (Å²) in [5.74, 6) is 1.83. The number of hydrogen-bond acceptors (Lipinski definition) is 3. The normalized spacial score (nSPS) is 17.3. The molecule has 118 valence electrons. The van der Waals surface area contributed by atoms with Crippen LogP contribution < -0.4 is 4.90 Å². The molecule has 1 N–H and O–H groups in total. The zero-order valence-electron chi connectivity index (χ0n) is 12.7. The van der Waals surface area contributed by atoms with Crippen molar-refractivity contribution in [1.29, 1.82) is 0 Å². The van der Waals surface area contributed by atoms with E-state index in [0.717, 1.165) is 18.8 Å². The number of terminal acetylenes is 1. The maximum Gasteiger partial charge on any atom is 0.179 e. The molecule has 1 atom stereocenters. The number of benzene rings is 2. The van der Waals surface area contributed by atoms with Gasteiger partial charge in [-0.25, -0.2) is 4.39 Å². The van der Waals surface area contributed by atoms with Crippen molar-refractivity contribution >= 4 is 5.69 Å². The zero-order valence-corrected chi connectivity index (χ0v) is 12.7. The molecule has 1 aliphatic rings. The number of aliphatic hydroxyl groups is 1. The van der Waals surface area contributed by atoms with Crippen molar-refractivity contribution in [2.75, 3.05) is 31.2 Å². The van der Waals surface area contributed by atoms with Crippen LogP contribution in [0.15, 0.2) is 48.5 Å². The monoisotopic (exact) mass is 311 g/mol. The number of rotatable bonds is 3. The van der Waals surface area contributed by atoms with E-state index in [1.165, 1.54) is 12.1 Å². The van der Waals surface area contributed by atoms with Gasteiger partial charge < -0.3 is 14.7 Å². The van der Waals surface area contributed by atoms with Crippen molar-refractivity contribution in [2.24, 2.45) is 0 Å². The summed E-state index contributed by atoms with van der Waals surface area (Å²) in [6.45, 7) is 2.88. The summed E-state index contributed by atoms with van der Waals surface area (Å²) >= 11 is 0. The molecule has 2 aromatic carbocycles. The first kappa shape index (κ1) is 15.5. The van der Waals surface area contributed by atoms with Crippen LogP contribution in [0.2, 0.25) is 0 Å². The average molecular weight is 311 g/mol. The number of halogens is 1. The highest BCUT2D eigenvalue weighted by Gasteiger charge is 2.32. The predicted molar refractivity (Wildman–Crippen MR) is 87.7 cm³/mol. The number of anilines is 1. The summed E-state index contributed by atoms with van der Waals surface area (Å²) in [6.07, 6.45) is 5.57. The van der Waals surface area contributed by atoms with Crippen LogP contribution in [-0.4, -0.2) is 31.4 Å². The number of morpholine rings is 1. The van der Waals surface area contributed by atoms with E-state index < -0.39 is 11.4 Å². The Labute approximate surface area is 135 Å².